The van der Waals surface area contributed by atoms with Crippen molar-refractivity contribution in [3.63, 3.8) is 0 Å². The average Bonchev–Trinajstić information content (AvgIpc) is 3.16. The third kappa shape index (κ3) is 2.10. The summed E-state index contributed by atoms with van der Waals surface area (Å²) in [6.45, 7) is 0. The van der Waals surface area contributed by atoms with Crippen molar-refractivity contribution in [2.24, 2.45) is 5.41 Å². The molecule has 0 saturated heterocycles. The number of nitrogens with two attached hydrogens (primary N) is 1. The Kier molecular flexibility index (Phi) is 3.84. The Labute approximate surface area is 136 Å². The van der Waals surface area contributed by atoms with Gasteiger partial charge in [0.2, 0.25) is 0 Å². The maximum Gasteiger partial charge on any atom is 0.326 e. The molecule has 2 aromatic heterocycles. The van der Waals surface area contributed by atoms with E-state index in [1.54, 1.807) is 4.57 Å². The lowest BCUT2D eigenvalue weighted by atomic mass is 9.84. The van der Waals surface area contributed by atoms with Crippen molar-refractivity contribution in [1.29, 1.82) is 0 Å². The largest absolute Gasteiger partial charge is 0.468 e. The predicted octanol–water partition coefficient (Wildman–Crippen LogP) is -0.563. The van der Waals surface area contributed by atoms with Crippen molar-refractivity contribution in [3.05, 3.63) is 12.7 Å². The van der Waals surface area contributed by atoms with E-state index in [-0.39, 0.29) is 18.7 Å². The van der Waals surface area contributed by atoms with E-state index in [2.05, 4.69) is 15.0 Å². The van der Waals surface area contributed by atoms with Gasteiger partial charge in [0.25, 0.3) is 0 Å². The molecule has 0 radical (unpaired) electrons. The number of carbonyl (C=O) groups excluding carboxylic acids is 2. The van der Waals surface area contributed by atoms with Crippen LogP contribution in [0.25, 0.3) is 11.2 Å². The lowest BCUT2D eigenvalue weighted by Gasteiger charge is -2.26. The molecule has 1 saturated carbocycles. The number of hydrogen-bond donors (Lipinski definition) is 2. The van der Waals surface area contributed by atoms with Crippen LogP contribution in [0.5, 0.6) is 0 Å². The Hall–Kier alpha value is -2.75. The monoisotopic (exact) mass is 335 g/mol. The molecule has 1 aliphatic rings. The Morgan fingerprint density at radius 2 is 1.96 bits per heavy atom. The number of nitrogen functional groups attached to an aromatic ring is 1. The molecule has 1 aliphatic carbocycles. The first-order chi connectivity index (χ1) is 11.5. The molecule has 1 fully saturated rings. The first-order valence-corrected chi connectivity index (χ1v) is 7.23. The van der Waals surface area contributed by atoms with Crippen LogP contribution >= 0.6 is 0 Å². The number of esters is 2. The van der Waals surface area contributed by atoms with Crippen LogP contribution in [0.3, 0.4) is 0 Å². The number of ether oxygens (including phenoxy) is 2. The van der Waals surface area contributed by atoms with Gasteiger partial charge in [-0.1, -0.05) is 0 Å². The van der Waals surface area contributed by atoms with Crippen molar-refractivity contribution in [2.75, 3.05) is 20.0 Å². The number of rotatable bonds is 3. The maximum absolute atomic E-state index is 12.2. The molecule has 2 aromatic rings. The SMILES string of the molecule is COC(=O)C1(C(=O)OC)C[C@@H](n2cnc3c(N)ncnc32)C[C@@H]1O. The number of aliphatic hydroxyl groups excluding tert-OH is 1. The van der Waals surface area contributed by atoms with Gasteiger partial charge < -0.3 is 24.9 Å². The molecular formula is C14H17N5O5. The van der Waals surface area contributed by atoms with Crippen LogP contribution in [-0.2, 0) is 19.1 Å². The lowest BCUT2D eigenvalue weighted by Crippen LogP contribution is -2.47. The summed E-state index contributed by atoms with van der Waals surface area (Å²) in [5.41, 5.74) is 4.87. The first-order valence-electron chi connectivity index (χ1n) is 7.23. The zero-order valence-corrected chi connectivity index (χ0v) is 13.2. The van der Waals surface area contributed by atoms with E-state index >= 15 is 0 Å². The molecule has 0 unspecified atom stereocenters. The number of imidazole rings is 1. The van der Waals surface area contributed by atoms with Gasteiger partial charge in [-0.2, -0.15) is 0 Å². The number of aliphatic hydroxyl groups is 1. The quantitative estimate of drug-likeness (QED) is 0.557. The van der Waals surface area contributed by atoms with Crippen molar-refractivity contribution in [3.8, 4) is 0 Å². The number of aromatic nitrogens is 4. The van der Waals surface area contributed by atoms with Gasteiger partial charge >= 0.3 is 11.9 Å². The molecule has 128 valence electrons. The van der Waals surface area contributed by atoms with Crippen LogP contribution in [0.4, 0.5) is 5.82 Å². The molecule has 3 N–H and O–H groups in total. The van der Waals surface area contributed by atoms with Crippen molar-refractivity contribution >= 4 is 28.9 Å². The van der Waals surface area contributed by atoms with Crippen LogP contribution in [-0.4, -0.2) is 56.9 Å². The summed E-state index contributed by atoms with van der Waals surface area (Å²) < 4.78 is 11.1. The number of anilines is 1. The highest BCUT2D eigenvalue weighted by molar-refractivity contribution is 6.01. The van der Waals surface area contributed by atoms with Crippen LogP contribution < -0.4 is 5.73 Å². The van der Waals surface area contributed by atoms with E-state index in [9.17, 15) is 14.7 Å². The fraction of sp³-hybridized carbons (Fsp3) is 0.500. The number of hydrogen-bond acceptors (Lipinski definition) is 9. The third-order valence-electron chi connectivity index (χ3n) is 4.50. The average molecular weight is 335 g/mol. The van der Waals surface area contributed by atoms with E-state index in [1.807, 2.05) is 0 Å². The third-order valence-corrected chi connectivity index (χ3v) is 4.50. The number of fused-ring (bicyclic) bond motifs is 1. The summed E-state index contributed by atoms with van der Waals surface area (Å²) in [4.78, 5) is 36.6. The van der Waals surface area contributed by atoms with Crippen LogP contribution in [0.2, 0.25) is 0 Å². The number of nitrogens with zero attached hydrogens (tertiary/aromatic N) is 4. The van der Waals surface area contributed by atoms with E-state index < -0.39 is 29.5 Å². The fourth-order valence-corrected chi connectivity index (χ4v) is 3.29. The fourth-order valence-electron chi connectivity index (χ4n) is 3.29. The van der Waals surface area contributed by atoms with Gasteiger partial charge in [0.05, 0.1) is 26.7 Å². The van der Waals surface area contributed by atoms with Crippen LogP contribution in [0, 0.1) is 5.41 Å². The second-order valence-electron chi connectivity index (χ2n) is 5.65. The molecule has 0 spiro atoms. The Bertz CT molecular complexity index is 788. The van der Waals surface area contributed by atoms with Gasteiger partial charge in [-0.3, -0.25) is 9.59 Å². The molecule has 0 amide bonds. The zero-order valence-electron chi connectivity index (χ0n) is 13.2. The molecule has 24 heavy (non-hydrogen) atoms. The highest BCUT2D eigenvalue weighted by Gasteiger charge is 2.60. The summed E-state index contributed by atoms with van der Waals surface area (Å²) in [5.74, 6) is -1.43. The molecule has 10 nitrogen and oxygen atoms in total. The van der Waals surface area contributed by atoms with E-state index in [0.29, 0.717) is 11.2 Å². The van der Waals surface area contributed by atoms with E-state index in [4.69, 9.17) is 15.2 Å². The molecule has 10 heteroatoms. The molecule has 2 heterocycles. The van der Waals surface area contributed by atoms with Gasteiger partial charge in [0.1, 0.15) is 11.8 Å². The summed E-state index contributed by atoms with van der Waals surface area (Å²) in [5, 5.41) is 10.4. The van der Waals surface area contributed by atoms with Gasteiger partial charge in [-0.05, 0) is 12.8 Å². The minimum atomic E-state index is -1.77. The van der Waals surface area contributed by atoms with Gasteiger partial charge in [0.15, 0.2) is 16.9 Å². The molecule has 3 rings (SSSR count). The molecule has 2 atom stereocenters. The maximum atomic E-state index is 12.2. The number of carbonyl (C=O) groups is 2. The normalized spacial score (nSPS) is 22.5. The topological polar surface area (TPSA) is 142 Å². The number of methoxy groups -OCH3 is 2. The van der Waals surface area contributed by atoms with Crippen LogP contribution in [0.1, 0.15) is 18.9 Å². The zero-order chi connectivity index (χ0) is 17.5. The highest BCUT2D eigenvalue weighted by atomic mass is 16.5. The van der Waals surface area contributed by atoms with E-state index in [1.165, 1.54) is 12.7 Å². The van der Waals surface area contributed by atoms with Crippen molar-refractivity contribution < 1.29 is 24.2 Å². The molecular weight excluding hydrogens is 318 g/mol. The van der Waals surface area contributed by atoms with Crippen LogP contribution in [0.15, 0.2) is 12.7 Å². The summed E-state index contributed by atoms with van der Waals surface area (Å²) >= 11 is 0. The van der Waals surface area contributed by atoms with Gasteiger partial charge in [-0.15, -0.1) is 0 Å². The minimum absolute atomic E-state index is 0.00286. The van der Waals surface area contributed by atoms with Crippen molar-refractivity contribution in [2.45, 2.75) is 25.0 Å². The highest BCUT2D eigenvalue weighted by Crippen LogP contribution is 2.47. The second kappa shape index (κ2) is 5.71. The second-order valence-corrected chi connectivity index (χ2v) is 5.65. The van der Waals surface area contributed by atoms with Crippen molar-refractivity contribution in [1.82, 2.24) is 19.5 Å². The minimum Gasteiger partial charge on any atom is -0.468 e. The Morgan fingerprint density at radius 3 is 2.58 bits per heavy atom. The van der Waals surface area contributed by atoms with Gasteiger partial charge in [0, 0.05) is 6.04 Å². The molecule has 0 aliphatic heterocycles. The first kappa shape index (κ1) is 16.1. The van der Waals surface area contributed by atoms with Gasteiger partial charge in [-0.25, -0.2) is 15.0 Å². The summed E-state index contributed by atoms with van der Waals surface area (Å²) in [6, 6.07) is -0.405. The summed E-state index contributed by atoms with van der Waals surface area (Å²) in [6.07, 6.45) is 1.69. The Balaban J connectivity index is 2.04. The Morgan fingerprint density at radius 1 is 1.29 bits per heavy atom. The molecule has 0 aromatic carbocycles. The lowest BCUT2D eigenvalue weighted by molar-refractivity contribution is -0.175. The van der Waals surface area contributed by atoms with E-state index in [0.717, 1.165) is 14.2 Å². The summed E-state index contributed by atoms with van der Waals surface area (Å²) in [7, 11) is 2.32. The predicted molar refractivity (Wildman–Crippen MR) is 80.5 cm³/mol. The smallest absolute Gasteiger partial charge is 0.326 e. The molecule has 0 bridgehead atoms. The standard InChI is InChI=1S/C14H17N5O5/c1-23-12(21)14(13(22)24-2)4-7(3-8(14)20)19-6-18-9-10(15)16-5-17-11(9)19/h5-8,20H,3-4H2,1-2H3,(H2,15,16,17)/t7-,8-/m0/s1.